The highest BCUT2D eigenvalue weighted by Gasteiger charge is 2.43. The van der Waals surface area contributed by atoms with Crippen LogP contribution in [0.25, 0.3) is 0 Å². The third-order valence-corrected chi connectivity index (χ3v) is 5.36. The lowest BCUT2D eigenvalue weighted by atomic mass is 9.73. The van der Waals surface area contributed by atoms with Gasteiger partial charge in [-0.3, -0.25) is 14.6 Å². The molecule has 3 heterocycles. The number of piperidine rings is 1. The highest BCUT2D eigenvalue weighted by atomic mass is 16.2. The van der Waals surface area contributed by atoms with Gasteiger partial charge in [0.2, 0.25) is 5.91 Å². The number of amides is 2. The van der Waals surface area contributed by atoms with E-state index in [1.54, 1.807) is 11.1 Å². The minimum absolute atomic E-state index is 0.107. The molecule has 1 saturated heterocycles. The van der Waals surface area contributed by atoms with Gasteiger partial charge in [0.1, 0.15) is 5.69 Å². The maximum atomic E-state index is 12.8. The fourth-order valence-corrected chi connectivity index (χ4v) is 3.82. The highest BCUT2D eigenvalue weighted by Crippen LogP contribution is 2.38. The summed E-state index contributed by atoms with van der Waals surface area (Å²) < 4.78 is 0. The van der Waals surface area contributed by atoms with Gasteiger partial charge in [-0.1, -0.05) is 24.3 Å². The van der Waals surface area contributed by atoms with Crippen LogP contribution in [-0.2, 0) is 17.8 Å². The molecule has 2 amide bonds. The Balaban J connectivity index is 1.52. The summed E-state index contributed by atoms with van der Waals surface area (Å²) in [4.78, 5) is 35.1. The van der Waals surface area contributed by atoms with Gasteiger partial charge in [-0.2, -0.15) is 0 Å². The number of hydrogen-bond donors (Lipinski definition) is 1. The maximum Gasteiger partial charge on any atom is 0.274 e. The van der Waals surface area contributed by atoms with E-state index in [1.807, 2.05) is 12.1 Å². The van der Waals surface area contributed by atoms with E-state index in [-0.39, 0.29) is 11.8 Å². The van der Waals surface area contributed by atoms with Crippen LogP contribution in [0, 0.1) is 5.41 Å². The normalized spacial score (nSPS) is 19.0. The molecule has 0 bridgehead atoms. The number of likely N-dealkylation sites (tertiary alicyclic amines) is 1. The summed E-state index contributed by atoms with van der Waals surface area (Å²) in [5.74, 6) is -0.00678. The quantitative estimate of drug-likeness (QED) is 0.858. The largest absolute Gasteiger partial charge is 0.352 e. The Morgan fingerprint density at radius 3 is 2.60 bits per heavy atom. The SMILES string of the molecule is O=C(c1cnccn1)N1CCC2(CC1)Cc1ccccc1CNC2=O. The number of fused-ring (bicyclic) bond motifs is 1. The summed E-state index contributed by atoms with van der Waals surface area (Å²) in [5, 5.41) is 3.07. The first kappa shape index (κ1) is 15.7. The summed E-state index contributed by atoms with van der Waals surface area (Å²) in [6.45, 7) is 1.70. The van der Waals surface area contributed by atoms with Crippen molar-refractivity contribution in [1.82, 2.24) is 20.2 Å². The van der Waals surface area contributed by atoms with E-state index in [9.17, 15) is 9.59 Å². The summed E-state index contributed by atoms with van der Waals surface area (Å²) in [6.07, 6.45) is 6.63. The molecule has 1 fully saturated rings. The monoisotopic (exact) mass is 336 g/mol. The third-order valence-electron chi connectivity index (χ3n) is 5.36. The fraction of sp³-hybridized carbons (Fsp3) is 0.368. The fourth-order valence-electron chi connectivity index (χ4n) is 3.82. The van der Waals surface area contributed by atoms with Crippen molar-refractivity contribution >= 4 is 11.8 Å². The molecule has 0 radical (unpaired) electrons. The van der Waals surface area contributed by atoms with Crippen molar-refractivity contribution in [2.75, 3.05) is 13.1 Å². The second-order valence-electron chi connectivity index (χ2n) is 6.79. The molecule has 1 N–H and O–H groups in total. The van der Waals surface area contributed by atoms with E-state index in [4.69, 9.17) is 0 Å². The molecule has 2 aliphatic rings. The van der Waals surface area contributed by atoms with Crippen molar-refractivity contribution < 1.29 is 9.59 Å². The van der Waals surface area contributed by atoms with Gasteiger partial charge < -0.3 is 10.2 Å². The smallest absolute Gasteiger partial charge is 0.274 e. The first-order chi connectivity index (χ1) is 12.2. The molecule has 6 heteroatoms. The van der Waals surface area contributed by atoms with E-state index in [0.29, 0.717) is 38.2 Å². The first-order valence-corrected chi connectivity index (χ1v) is 8.58. The molecule has 128 valence electrons. The van der Waals surface area contributed by atoms with Crippen molar-refractivity contribution in [2.24, 2.45) is 5.41 Å². The van der Waals surface area contributed by atoms with Gasteiger partial charge in [-0.05, 0) is 30.4 Å². The number of benzene rings is 1. The van der Waals surface area contributed by atoms with Crippen LogP contribution in [0.4, 0.5) is 0 Å². The molecule has 6 nitrogen and oxygen atoms in total. The van der Waals surface area contributed by atoms with Crippen LogP contribution in [-0.4, -0.2) is 39.8 Å². The maximum absolute atomic E-state index is 12.8. The average Bonchev–Trinajstić information content (AvgIpc) is 2.80. The third kappa shape index (κ3) is 2.88. The molecule has 2 aliphatic heterocycles. The second-order valence-corrected chi connectivity index (χ2v) is 6.79. The average molecular weight is 336 g/mol. The highest BCUT2D eigenvalue weighted by molar-refractivity contribution is 5.92. The lowest BCUT2D eigenvalue weighted by Gasteiger charge is -2.39. The summed E-state index contributed by atoms with van der Waals surface area (Å²) in [7, 11) is 0. The lowest BCUT2D eigenvalue weighted by Crippen LogP contribution is -2.50. The van der Waals surface area contributed by atoms with Crippen LogP contribution in [0.5, 0.6) is 0 Å². The minimum Gasteiger partial charge on any atom is -0.352 e. The molecule has 0 atom stereocenters. The van der Waals surface area contributed by atoms with Crippen molar-refractivity contribution in [3.05, 3.63) is 59.7 Å². The van der Waals surface area contributed by atoms with Gasteiger partial charge in [0.05, 0.1) is 11.6 Å². The Morgan fingerprint density at radius 1 is 1.12 bits per heavy atom. The Hall–Kier alpha value is -2.76. The molecular formula is C19H20N4O2. The zero-order valence-electron chi connectivity index (χ0n) is 13.9. The number of carbonyl (C=O) groups excluding carboxylic acids is 2. The van der Waals surface area contributed by atoms with Crippen LogP contribution in [0.3, 0.4) is 0 Å². The summed E-state index contributed by atoms with van der Waals surface area (Å²) in [5.41, 5.74) is 2.35. The van der Waals surface area contributed by atoms with Crippen LogP contribution < -0.4 is 5.32 Å². The molecule has 0 saturated carbocycles. The topological polar surface area (TPSA) is 75.2 Å². The number of hydrogen-bond acceptors (Lipinski definition) is 4. The van der Waals surface area contributed by atoms with Gasteiger partial charge in [0.25, 0.3) is 5.91 Å². The van der Waals surface area contributed by atoms with E-state index in [2.05, 4.69) is 27.4 Å². The first-order valence-electron chi connectivity index (χ1n) is 8.58. The van der Waals surface area contributed by atoms with Crippen LogP contribution in [0.1, 0.15) is 34.5 Å². The standard InChI is InChI=1S/C19H20N4O2/c24-17(16-13-20-7-8-21-16)23-9-5-19(6-10-23)11-14-3-1-2-4-15(14)12-22-18(19)25/h1-4,7-8,13H,5-6,9-12H2,(H,22,25). The van der Waals surface area contributed by atoms with Crippen LogP contribution in [0.2, 0.25) is 0 Å². The van der Waals surface area contributed by atoms with Crippen molar-refractivity contribution in [3.63, 3.8) is 0 Å². The van der Waals surface area contributed by atoms with Crippen LogP contribution in [0.15, 0.2) is 42.9 Å². The van der Waals surface area contributed by atoms with E-state index < -0.39 is 5.41 Å². The second kappa shape index (κ2) is 6.27. The Morgan fingerprint density at radius 2 is 1.88 bits per heavy atom. The number of rotatable bonds is 1. The van der Waals surface area contributed by atoms with Gasteiger partial charge in [-0.25, -0.2) is 4.98 Å². The van der Waals surface area contributed by atoms with Crippen LogP contribution >= 0.6 is 0 Å². The van der Waals surface area contributed by atoms with Gasteiger partial charge >= 0.3 is 0 Å². The van der Waals surface area contributed by atoms with Gasteiger partial charge in [0.15, 0.2) is 0 Å². The Labute approximate surface area is 146 Å². The molecule has 25 heavy (non-hydrogen) atoms. The molecule has 0 aliphatic carbocycles. The zero-order valence-corrected chi connectivity index (χ0v) is 13.9. The predicted molar refractivity (Wildman–Crippen MR) is 91.6 cm³/mol. The van der Waals surface area contributed by atoms with Gasteiger partial charge in [-0.15, -0.1) is 0 Å². The lowest BCUT2D eigenvalue weighted by molar-refractivity contribution is -0.133. The molecule has 2 aromatic rings. The van der Waals surface area contributed by atoms with Gasteiger partial charge in [0, 0.05) is 32.0 Å². The van der Waals surface area contributed by atoms with E-state index in [1.165, 1.54) is 23.5 Å². The summed E-state index contributed by atoms with van der Waals surface area (Å²) >= 11 is 0. The molecule has 4 rings (SSSR count). The summed E-state index contributed by atoms with van der Waals surface area (Å²) in [6, 6.07) is 8.20. The molecular weight excluding hydrogens is 316 g/mol. The molecule has 1 aromatic heterocycles. The predicted octanol–water partition coefficient (Wildman–Crippen LogP) is 1.57. The Bertz CT molecular complexity index is 798. The number of nitrogens with one attached hydrogen (secondary N) is 1. The van der Waals surface area contributed by atoms with E-state index >= 15 is 0 Å². The van der Waals surface area contributed by atoms with Crippen molar-refractivity contribution in [3.8, 4) is 0 Å². The van der Waals surface area contributed by atoms with Crippen molar-refractivity contribution in [1.29, 1.82) is 0 Å². The number of nitrogens with zero attached hydrogens (tertiary/aromatic N) is 3. The number of aromatic nitrogens is 2. The van der Waals surface area contributed by atoms with E-state index in [0.717, 1.165) is 6.42 Å². The molecule has 1 aromatic carbocycles. The number of carbonyl (C=O) groups is 2. The molecule has 1 spiro atoms. The minimum atomic E-state index is -0.425. The Kier molecular flexibility index (Phi) is 3.95. The molecule has 0 unspecified atom stereocenters. The zero-order chi connectivity index (χ0) is 17.3. The van der Waals surface area contributed by atoms with Crippen molar-refractivity contribution in [2.45, 2.75) is 25.8 Å².